The summed E-state index contributed by atoms with van der Waals surface area (Å²) in [5.41, 5.74) is 0.900. The highest BCUT2D eigenvalue weighted by Crippen LogP contribution is 2.22. The molecule has 25 heavy (non-hydrogen) atoms. The first-order valence-corrected chi connectivity index (χ1v) is 8.22. The molecule has 0 aliphatic rings. The van der Waals surface area contributed by atoms with Crippen LogP contribution in [0.3, 0.4) is 0 Å². The maximum atomic E-state index is 11.5. The van der Waals surface area contributed by atoms with Crippen molar-refractivity contribution in [2.45, 2.75) is 38.8 Å². The lowest BCUT2D eigenvalue weighted by Gasteiger charge is -2.21. The third-order valence-corrected chi connectivity index (χ3v) is 3.83. The van der Waals surface area contributed by atoms with E-state index in [4.69, 9.17) is 4.42 Å². The van der Waals surface area contributed by atoms with Gasteiger partial charge in [0.15, 0.2) is 0 Å². The number of carboxylic acid groups (broad SMARTS) is 2. The largest absolute Gasteiger partial charge is 0.480 e. The molecular weight excluding hydrogens is 322 g/mol. The van der Waals surface area contributed by atoms with E-state index in [-0.39, 0.29) is 12.3 Å². The van der Waals surface area contributed by atoms with Gasteiger partial charge in [0.25, 0.3) is 0 Å². The molecule has 6 nitrogen and oxygen atoms in total. The van der Waals surface area contributed by atoms with E-state index in [1.807, 2.05) is 44.2 Å². The van der Waals surface area contributed by atoms with Crippen molar-refractivity contribution in [2.75, 3.05) is 0 Å². The van der Waals surface area contributed by atoms with Crippen molar-refractivity contribution >= 4 is 11.9 Å². The molecule has 1 heterocycles. The average Bonchev–Trinajstić information content (AvgIpc) is 3.02. The molecule has 6 heteroatoms. The summed E-state index contributed by atoms with van der Waals surface area (Å²) in [4.78, 5) is 22.9. The van der Waals surface area contributed by atoms with Crippen LogP contribution in [0.5, 0.6) is 0 Å². The van der Waals surface area contributed by atoms with Crippen molar-refractivity contribution in [3.8, 4) is 11.3 Å². The summed E-state index contributed by atoms with van der Waals surface area (Å²) in [6.45, 7) is 3.79. The van der Waals surface area contributed by atoms with Crippen LogP contribution in [0.2, 0.25) is 0 Å². The van der Waals surface area contributed by atoms with Gasteiger partial charge < -0.3 is 14.6 Å². The summed E-state index contributed by atoms with van der Waals surface area (Å²) >= 11 is 0. The molecule has 134 valence electrons. The molecule has 0 fully saturated rings. The van der Waals surface area contributed by atoms with Crippen molar-refractivity contribution in [3.05, 3.63) is 48.2 Å². The Labute approximate surface area is 146 Å². The number of aliphatic carboxylic acids is 2. The first kappa shape index (κ1) is 18.7. The molecule has 0 radical (unpaired) electrons. The fourth-order valence-corrected chi connectivity index (χ4v) is 2.62. The molecule has 2 aromatic rings. The van der Waals surface area contributed by atoms with Gasteiger partial charge in [-0.25, -0.2) is 0 Å². The van der Waals surface area contributed by atoms with Gasteiger partial charge in [-0.05, 0) is 24.5 Å². The normalized spacial score (nSPS) is 13.6. The number of rotatable bonds is 9. The maximum absolute atomic E-state index is 11.5. The first-order valence-electron chi connectivity index (χ1n) is 8.22. The lowest BCUT2D eigenvalue weighted by atomic mass is 10.0. The minimum absolute atomic E-state index is 0.0735. The molecule has 1 aromatic carbocycles. The summed E-state index contributed by atoms with van der Waals surface area (Å²) in [7, 11) is 0. The van der Waals surface area contributed by atoms with Gasteiger partial charge in [-0.1, -0.05) is 44.2 Å². The first-order chi connectivity index (χ1) is 11.9. The highest BCUT2D eigenvalue weighted by Gasteiger charge is 2.27. The van der Waals surface area contributed by atoms with Gasteiger partial charge in [0, 0.05) is 12.0 Å². The molecule has 0 bridgehead atoms. The van der Waals surface area contributed by atoms with Crippen LogP contribution in [0.25, 0.3) is 11.3 Å². The fourth-order valence-electron chi connectivity index (χ4n) is 2.62. The van der Waals surface area contributed by atoms with Crippen LogP contribution < -0.4 is 5.32 Å². The number of furan rings is 1. The van der Waals surface area contributed by atoms with Crippen molar-refractivity contribution in [1.82, 2.24) is 5.32 Å². The number of nitrogens with one attached hydrogen (secondary N) is 1. The molecule has 1 unspecified atom stereocenters. The van der Waals surface area contributed by atoms with Crippen molar-refractivity contribution in [1.29, 1.82) is 0 Å². The summed E-state index contributed by atoms with van der Waals surface area (Å²) < 4.78 is 5.72. The Morgan fingerprint density at radius 3 is 2.20 bits per heavy atom. The molecule has 0 aliphatic heterocycles. The highest BCUT2D eigenvalue weighted by molar-refractivity contribution is 5.77. The fraction of sp³-hybridized carbons (Fsp3) is 0.368. The van der Waals surface area contributed by atoms with Gasteiger partial charge in [0.1, 0.15) is 23.6 Å². The van der Waals surface area contributed by atoms with E-state index >= 15 is 0 Å². The monoisotopic (exact) mass is 345 g/mol. The Hall–Kier alpha value is -2.60. The Morgan fingerprint density at radius 2 is 1.64 bits per heavy atom. The Balaban J connectivity index is 2.10. The number of benzene rings is 1. The van der Waals surface area contributed by atoms with E-state index in [9.17, 15) is 19.8 Å². The van der Waals surface area contributed by atoms with Crippen LogP contribution in [-0.4, -0.2) is 34.2 Å². The third-order valence-electron chi connectivity index (χ3n) is 3.83. The number of hydrogen-bond acceptors (Lipinski definition) is 4. The molecule has 2 atom stereocenters. The minimum Gasteiger partial charge on any atom is -0.480 e. The van der Waals surface area contributed by atoms with Crippen molar-refractivity contribution in [2.24, 2.45) is 5.92 Å². The number of carboxylic acids is 2. The molecule has 0 saturated carbocycles. The zero-order chi connectivity index (χ0) is 18.4. The summed E-state index contributed by atoms with van der Waals surface area (Å²) in [5.74, 6) is -0.877. The Kier molecular flexibility index (Phi) is 6.36. The van der Waals surface area contributed by atoms with Crippen LogP contribution in [-0.2, 0) is 16.0 Å². The second kappa shape index (κ2) is 8.48. The van der Waals surface area contributed by atoms with Crippen molar-refractivity contribution in [3.63, 3.8) is 0 Å². The second-order valence-electron chi connectivity index (χ2n) is 6.41. The van der Waals surface area contributed by atoms with Gasteiger partial charge in [0.05, 0.1) is 0 Å². The van der Waals surface area contributed by atoms with E-state index in [1.54, 1.807) is 12.1 Å². The Morgan fingerprint density at radius 1 is 1.00 bits per heavy atom. The third kappa shape index (κ3) is 5.46. The van der Waals surface area contributed by atoms with Gasteiger partial charge in [0.2, 0.25) is 0 Å². The van der Waals surface area contributed by atoms with E-state index in [2.05, 4.69) is 5.32 Å². The zero-order valence-corrected chi connectivity index (χ0v) is 14.3. The molecular formula is C19H23NO5. The van der Waals surface area contributed by atoms with Gasteiger partial charge >= 0.3 is 11.9 Å². The predicted molar refractivity (Wildman–Crippen MR) is 93.3 cm³/mol. The van der Waals surface area contributed by atoms with Crippen molar-refractivity contribution < 1.29 is 24.2 Å². The van der Waals surface area contributed by atoms with Gasteiger partial charge in [-0.2, -0.15) is 0 Å². The lowest BCUT2D eigenvalue weighted by molar-refractivity contribution is -0.143. The van der Waals surface area contributed by atoms with Gasteiger partial charge in [-0.15, -0.1) is 0 Å². The van der Waals surface area contributed by atoms with Crippen LogP contribution in [0.1, 0.15) is 26.0 Å². The van der Waals surface area contributed by atoms with E-state index < -0.39 is 24.0 Å². The quantitative estimate of drug-likeness (QED) is 0.646. The smallest absolute Gasteiger partial charge is 0.321 e. The van der Waals surface area contributed by atoms with E-state index in [0.717, 1.165) is 5.56 Å². The number of carbonyl (C=O) groups is 2. The van der Waals surface area contributed by atoms with Crippen LogP contribution in [0.4, 0.5) is 0 Å². The predicted octanol–water partition coefficient (Wildman–Crippen LogP) is 3.03. The zero-order valence-electron chi connectivity index (χ0n) is 14.3. The molecule has 2 rings (SSSR count). The Bertz CT molecular complexity index is 708. The minimum atomic E-state index is -1.10. The summed E-state index contributed by atoms with van der Waals surface area (Å²) in [5, 5.41) is 21.4. The lowest BCUT2D eigenvalue weighted by Crippen LogP contribution is -2.48. The van der Waals surface area contributed by atoms with Crippen LogP contribution in [0, 0.1) is 5.92 Å². The topological polar surface area (TPSA) is 99.8 Å². The molecule has 3 N–H and O–H groups in total. The van der Waals surface area contributed by atoms with Gasteiger partial charge in [-0.3, -0.25) is 14.9 Å². The molecule has 0 aliphatic carbocycles. The standard InChI is InChI=1S/C19H23NO5/c1-12(2)10-15(18(21)22)20-16(19(23)24)11-14-8-9-17(25-14)13-6-4-3-5-7-13/h3-9,12,15-16,20H,10-11H2,1-2H3,(H,21,22)(H,23,24)/t15?,16-/m0/s1. The molecule has 0 saturated heterocycles. The number of hydrogen-bond donors (Lipinski definition) is 3. The summed E-state index contributed by atoms with van der Waals surface area (Å²) in [6, 6.07) is 11.0. The average molecular weight is 345 g/mol. The van der Waals surface area contributed by atoms with Crippen LogP contribution >= 0.6 is 0 Å². The van der Waals surface area contributed by atoms with E-state index in [1.165, 1.54) is 0 Å². The molecule has 0 amide bonds. The SMILES string of the molecule is CC(C)CC(N[C@@H](Cc1ccc(-c2ccccc2)o1)C(=O)O)C(=O)O. The molecule has 1 aromatic heterocycles. The van der Waals surface area contributed by atoms with Crippen LogP contribution in [0.15, 0.2) is 46.9 Å². The van der Waals surface area contributed by atoms with E-state index in [0.29, 0.717) is 17.9 Å². The molecule has 0 spiro atoms. The summed E-state index contributed by atoms with van der Waals surface area (Å²) in [6.07, 6.45) is 0.427. The highest BCUT2D eigenvalue weighted by atomic mass is 16.4. The second-order valence-corrected chi connectivity index (χ2v) is 6.41. The maximum Gasteiger partial charge on any atom is 0.321 e.